The van der Waals surface area contributed by atoms with Gasteiger partial charge in [-0.25, -0.2) is 29.9 Å². The zero-order valence-electron chi connectivity index (χ0n) is 18.2. The van der Waals surface area contributed by atoms with Gasteiger partial charge in [-0.2, -0.15) is 0 Å². The van der Waals surface area contributed by atoms with Gasteiger partial charge in [-0.3, -0.25) is 5.41 Å². The minimum atomic E-state index is -1.41. The topological polar surface area (TPSA) is 468 Å². The van der Waals surface area contributed by atoms with Gasteiger partial charge in [-0.1, -0.05) is 0 Å². The molecule has 1 aliphatic heterocycles. The van der Waals surface area contributed by atoms with E-state index in [0.29, 0.717) is 0 Å². The first-order valence-electron chi connectivity index (χ1n) is 7.46. The molecule has 3 rings (SSSR count). The molecule has 20 N–H and O–H groups in total. The number of carboxylic acid groups (broad SMARTS) is 2. The molecule has 0 aliphatic carbocycles. The number of hydrogen-bond acceptors (Lipinski definition) is 14. The van der Waals surface area contributed by atoms with E-state index in [-0.39, 0.29) is 105 Å². The predicted octanol–water partition coefficient (Wildman–Crippen LogP) is -9.09. The molecular formula is C15H26ErN9O12+2. The van der Waals surface area contributed by atoms with Gasteiger partial charge < -0.3 is 74.3 Å². The van der Waals surface area contributed by atoms with Crippen molar-refractivity contribution in [3.05, 3.63) is 47.8 Å². The number of aliphatic hydroxyl groups excluding tert-OH is 1. The van der Waals surface area contributed by atoms with E-state index in [4.69, 9.17) is 22.0 Å². The molecular weight excluding hydrogens is 665 g/mol. The molecule has 0 bridgehead atoms. The van der Waals surface area contributed by atoms with E-state index in [2.05, 4.69) is 29.9 Å². The van der Waals surface area contributed by atoms with Crippen molar-refractivity contribution in [1.29, 1.82) is 5.41 Å². The maximum absolute atomic E-state index is 10.2. The Morgan fingerprint density at radius 2 is 1.05 bits per heavy atom. The number of hydrogen-bond donors (Lipinski definition) is 4. The number of aromatic nitrogens is 4. The van der Waals surface area contributed by atoms with Crippen molar-refractivity contribution in [2.24, 2.45) is 9.98 Å². The van der Waals surface area contributed by atoms with Crippen LogP contribution in [0.3, 0.4) is 0 Å². The summed E-state index contributed by atoms with van der Waals surface area (Å²) >= 11 is 0. The Bertz CT molecular complexity index is 993. The number of aliphatic hydroxyl groups is 1. The molecule has 1 radical (unpaired) electrons. The molecule has 3 heterocycles. The monoisotopic (exact) mass is 690 g/mol. The SMILES string of the molecule is N=C1N=CC=N/C1=C(\[O-])O.Nc1nccnc1C(=O)[O-].Nc1nccnc1C(=O)[O-].O.O.O.O.[Er+3].[OH3+].[OH3+]. The second kappa shape index (κ2) is 25.2. The first-order chi connectivity index (χ1) is 14.1. The number of aromatic carboxylic acids is 2. The zero-order valence-corrected chi connectivity index (χ0v) is 20.1. The number of carbonyl (C=O) groups is 2. The standard InChI is InChI=1S/3C5H5N3O2.Er.6H2O/c3*6-4-3(5(9)10)7-1-2-8-4;;;;;;;/h2*1-2H,(H2,6,8)(H,9,10);1-2,6,9-10H;;6*1H2/q;;;+3;;;;;;/p-1. The van der Waals surface area contributed by atoms with E-state index in [1.807, 2.05) is 0 Å². The summed E-state index contributed by atoms with van der Waals surface area (Å²) in [5.74, 6) is -4.60. The molecule has 2 aromatic heterocycles. The number of nitrogens with zero attached hydrogens (tertiary/aromatic N) is 6. The predicted molar refractivity (Wildman–Crippen MR) is 120 cm³/mol. The quantitative estimate of drug-likeness (QED) is 0.168. The van der Waals surface area contributed by atoms with Crippen molar-refractivity contribution in [3.63, 3.8) is 0 Å². The van der Waals surface area contributed by atoms with E-state index in [1.165, 1.54) is 37.2 Å². The summed E-state index contributed by atoms with van der Waals surface area (Å²) in [5.41, 5.74) is 9.30. The van der Waals surface area contributed by atoms with Crippen molar-refractivity contribution >= 4 is 41.8 Å². The number of anilines is 2. The van der Waals surface area contributed by atoms with Gasteiger partial charge in [0.15, 0.2) is 17.5 Å². The number of nitrogen functional groups attached to an aromatic ring is 2. The van der Waals surface area contributed by atoms with Gasteiger partial charge in [0.25, 0.3) is 0 Å². The minimum absolute atomic E-state index is 0. The van der Waals surface area contributed by atoms with E-state index in [1.54, 1.807) is 0 Å². The number of carboxylic acids is 2. The van der Waals surface area contributed by atoms with Gasteiger partial charge in [-0.15, -0.1) is 0 Å². The molecule has 0 fully saturated rings. The zero-order chi connectivity index (χ0) is 22.7. The maximum Gasteiger partial charge on any atom is 3.00 e. The third-order valence-electron chi connectivity index (χ3n) is 2.74. The Kier molecular flexibility index (Phi) is 34.0. The molecule has 0 aromatic carbocycles. The summed E-state index contributed by atoms with van der Waals surface area (Å²) in [6.45, 7) is 0. The average molecular weight is 692 g/mol. The number of nitrogens with one attached hydrogen (secondary N) is 1. The van der Waals surface area contributed by atoms with Crippen LogP contribution >= 0.6 is 0 Å². The van der Waals surface area contributed by atoms with Gasteiger partial charge in [0.2, 0.25) is 0 Å². The first-order valence-corrected chi connectivity index (χ1v) is 7.46. The molecule has 22 heteroatoms. The van der Waals surface area contributed by atoms with Gasteiger partial charge in [-0.05, 0) is 0 Å². The molecule has 37 heavy (non-hydrogen) atoms. The van der Waals surface area contributed by atoms with E-state index < -0.39 is 17.9 Å². The fraction of sp³-hybridized carbons (Fsp3) is 0. The normalized spacial score (nSPS) is 10.8. The number of aliphatic imine (C=N–C) groups is 2. The van der Waals surface area contributed by atoms with Crippen LogP contribution in [0.1, 0.15) is 21.0 Å². The van der Waals surface area contributed by atoms with Gasteiger partial charge >= 0.3 is 37.3 Å². The fourth-order valence-corrected chi connectivity index (χ4v) is 1.51. The molecule has 213 valence electrons. The molecule has 0 amide bonds. The van der Waals surface area contributed by atoms with Crippen LogP contribution in [0, 0.1) is 42.7 Å². The van der Waals surface area contributed by atoms with Gasteiger partial charge in [0.1, 0.15) is 17.1 Å². The average Bonchev–Trinajstić information content (AvgIpc) is 2.69. The number of carbonyl (C=O) groups excluding carboxylic acids is 2. The summed E-state index contributed by atoms with van der Waals surface area (Å²) in [4.78, 5) is 41.0. The summed E-state index contributed by atoms with van der Waals surface area (Å²) in [5, 5.41) is 45.7. The second-order valence-corrected chi connectivity index (χ2v) is 4.71. The Morgan fingerprint density at radius 1 is 0.730 bits per heavy atom. The van der Waals surface area contributed by atoms with Crippen LogP contribution < -0.4 is 26.8 Å². The minimum Gasteiger partial charge on any atom is -0.628 e. The molecule has 0 spiro atoms. The third-order valence-corrected chi connectivity index (χ3v) is 2.74. The molecule has 2 aromatic rings. The van der Waals surface area contributed by atoms with Crippen LogP contribution in [0.5, 0.6) is 0 Å². The van der Waals surface area contributed by atoms with Gasteiger partial charge in [0, 0.05) is 37.2 Å². The third kappa shape index (κ3) is 17.2. The van der Waals surface area contributed by atoms with E-state index in [0.717, 1.165) is 0 Å². The Hall–Kier alpha value is -3.94. The summed E-state index contributed by atoms with van der Waals surface area (Å²) in [7, 11) is 0. The molecule has 0 unspecified atom stereocenters. The summed E-state index contributed by atoms with van der Waals surface area (Å²) < 4.78 is 0. The summed E-state index contributed by atoms with van der Waals surface area (Å²) in [6.07, 6.45) is 7.60. The van der Waals surface area contributed by atoms with Crippen LogP contribution in [-0.2, 0) is 11.0 Å². The molecule has 0 saturated heterocycles. The van der Waals surface area contributed by atoms with E-state index in [9.17, 15) is 24.9 Å². The maximum atomic E-state index is 10.2. The van der Waals surface area contributed by atoms with Crippen LogP contribution in [0.4, 0.5) is 11.6 Å². The number of amidine groups is 1. The largest absolute Gasteiger partial charge is 3.00 e. The van der Waals surface area contributed by atoms with Crippen LogP contribution in [0.2, 0.25) is 0 Å². The van der Waals surface area contributed by atoms with Crippen molar-refractivity contribution in [2.45, 2.75) is 0 Å². The number of rotatable bonds is 2. The molecule has 21 nitrogen and oxygen atoms in total. The van der Waals surface area contributed by atoms with Gasteiger partial charge in [0.05, 0.1) is 17.9 Å². The Balaban J connectivity index is -0.0000000667. The first kappa shape index (κ1) is 50.0. The summed E-state index contributed by atoms with van der Waals surface area (Å²) in [6, 6.07) is 0. The van der Waals surface area contributed by atoms with Crippen molar-refractivity contribution in [1.82, 2.24) is 19.9 Å². The van der Waals surface area contributed by atoms with Crippen molar-refractivity contribution in [3.8, 4) is 0 Å². The van der Waals surface area contributed by atoms with Crippen LogP contribution in [-0.4, -0.2) is 77.2 Å². The molecule has 0 saturated carbocycles. The Morgan fingerprint density at radius 3 is 1.27 bits per heavy atom. The number of nitrogens with two attached hydrogens (primary N) is 2. The van der Waals surface area contributed by atoms with Crippen LogP contribution in [0.15, 0.2) is 46.4 Å². The second-order valence-electron chi connectivity index (χ2n) is 4.71. The van der Waals surface area contributed by atoms with E-state index >= 15 is 0 Å². The Labute approximate surface area is 235 Å². The smallest absolute Gasteiger partial charge is 0.628 e. The van der Waals surface area contributed by atoms with Crippen LogP contribution in [0.25, 0.3) is 0 Å². The fourth-order valence-electron chi connectivity index (χ4n) is 1.51. The molecule has 1 aliphatic rings. The van der Waals surface area contributed by atoms with Crippen molar-refractivity contribution in [2.75, 3.05) is 11.5 Å². The van der Waals surface area contributed by atoms with Crippen molar-refractivity contribution < 1.29 is 100 Å². The molecule has 0 atom stereocenters.